The highest BCUT2D eigenvalue weighted by atomic mass is 16.1. The van der Waals surface area contributed by atoms with E-state index in [1.54, 1.807) is 17.0 Å². The smallest absolute Gasteiger partial charge is 0.293 e. The second-order valence-electron chi connectivity index (χ2n) is 6.95. The van der Waals surface area contributed by atoms with Gasteiger partial charge in [0.05, 0.1) is 0 Å². The Labute approximate surface area is 127 Å². The van der Waals surface area contributed by atoms with E-state index in [1.165, 1.54) is 19.3 Å². The van der Waals surface area contributed by atoms with E-state index in [9.17, 15) is 4.79 Å². The first-order chi connectivity index (χ1) is 9.89. The zero-order chi connectivity index (χ0) is 15.5. The van der Waals surface area contributed by atoms with Gasteiger partial charge in [-0.05, 0) is 53.6 Å². The zero-order valence-corrected chi connectivity index (χ0v) is 13.7. The summed E-state index contributed by atoms with van der Waals surface area (Å²) in [6.45, 7) is 11.4. The van der Waals surface area contributed by atoms with Gasteiger partial charge < -0.3 is 9.88 Å². The van der Waals surface area contributed by atoms with E-state index in [0.29, 0.717) is 11.9 Å². The minimum Gasteiger partial charge on any atom is -0.364 e. The Bertz CT molecular complexity index is 512. The van der Waals surface area contributed by atoms with Crippen molar-refractivity contribution in [2.24, 2.45) is 0 Å². The Balaban J connectivity index is 2.01. The highest BCUT2D eigenvalue weighted by Gasteiger charge is 2.19. The summed E-state index contributed by atoms with van der Waals surface area (Å²) >= 11 is 0. The highest BCUT2D eigenvalue weighted by molar-refractivity contribution is 5.31. The van der Waals surface area contributed by atoms with Crippen LogP contribution in [0, 0.1) is 0 Å². The number of aromatic nitrogens is 2. The molecule has 1 N–H and O–H groups in total. The van der Waals surface area contributed by atoms with Gasteiger partial charge in [-0.3, -0.25) is 9.69 Å². The van der Waals surface area contributed by atoms with Crippen LogP contribution in [0.1, 0.15) is 47.0 Å². The molecule has 1 aliphatic rings. The van der Waals surface area contributed by atoms with E-state index >= 15 is 0 Å². The Morgan fingerprint density at radius 2 is 1.95 bits per heavy atom. The van der Waals surface area contributed by atoms with Crippen LogP contribution in [-0.4, -0.2) is 40.1 Å². The monoisotopic (exact) mass is 292 g/mol. The second-order valence-corrected chi connectivity index (χ2v) is 6.95. The van der Waals surface area contributed by atoms with Crippen LogP contribution in [0.5, 0.6) is 0 Å². The average molecular weight is 292 g/mol. The number of piperidine rings is 1. The van der Waals surface area contributed by atoms with Crippen LogP contribution in [0.4, 0.5) is 5.82 Å². The van der Waals surface area contributed by atoms with Crippen LogP contribution in [0.2, 0.25) is 0 Å². The van der Waals surface area contributed by atoms with Crippen molar-refractivity contribution in [1.29, 1.82) is 0 Å². The molecule has 21 heavy (non-hydrogen) atoms. The molecule has 0 saturated carbocycles. The Morgan fingerprint density at radius 3 is 2.57 bits per heavy atom. The summed E-state index contributed by atoms with van der Waals surface area (Å²) in [7, 11) is 0. The van der Waals surface area contributed by atoms with Crippen molar-refractivity contribution in [1.82, 2.24) is 14.5 Å². The van der Waals surface area contributed by atoms with Gasteiger partial charge in [0, 0.05) is 30.5 Å². The topological polar surface area (TPSA) is 50.2 Å². The van der Waals surface area contributed by atoms with Gasteiger partial charge in [-0.25, -0.2) is 4.98 Å². The first kappa shape index (κ1) is 16.0. The molecule has 0 amide bonds. The van der Waals surface area contributed by atoms with Gasteiger partial charge in [-0.2, -0.15) is 0 Å². The summed E-state index contributed by atoms with van der Waals surface area (Å²) in [4.78, 5) is 19.1. The van der Waals surface area contributed by atoms with Gasteiger partial charge in [0.1, 0.15) is 0 Å². The molecule has 2 rings (SSSR count). The Kier molecular flexibility index (Phi) is 5.04. The largest absolute Gasteiger partial charge is 0.364 e. The molecular formula is C16H28N4O. The maximum atomic E-state index is 12.4. The normalized spacial score (nSPS) is 18.5. The predicted octanol–water partition coefficient (Wildman–Crippen LogP) is 2.28. The van der Waals surface area contributed by atoms with E-state index in [2.05, 4.69) is 22.1 Å². The third-order valence-corrected chi connectivity index (χ3v) is 4.14. The molecule has 2 heterocycles. The van der Waals surface area contributed by atoms with Gasteiger partial charge in [0.25, 0.3) is 5.56 Å². The SMILES string of the molecule is CC(CNc1nccn(C(C)(C)C)c1=O)N1CCCCC1. The molecule has 1 unspecified atom stereocenters. The Morgan fingerprint density at radius 1 is 1.29 bits per heavy atom. The minimum absolute atomic E-state index is 0.0455. The molecule has 1 aliphatic heterocycles. The van der Waals surface area contributed by atoms with Crippen LogP contribution in [0.15, 0.2) is 17.2 Å². The lowest BCUT2D eigenvalue weighted by Gasteiger charge is -2.32. The maximum absolute atomic E-state index is 12.4. The zero-order valence-electron chi connectivity index (χ0n) is 13.7. The first-order valence-corrected chi connectivity index (χ1v) is 7.95. The summed E-state index contributed by atoms with van der Waals surface area (Å²) in [5, 5.41) is 3.24. The quantitative estimate of drug-likeness (QED) is 0.925. The molecule has 0 bridgehead atoms. The predicted molar refractivity (Wildman–Crippen MR) is 86.9 cm³/mol. The molecule has 0 aliphatic carbocycles. The van der Waals surface area contributed by atoms with E-state index < -0.39 is 0 Å². The minimum atomic E-state index is -0.227. The Hall–Kier alpha value is -1.36. The van der Waals surface area contributed by atoms with Crippen LogP contribution in [-0.2, 0) is 5.54 Å². The van der Waals surface area contributed by atoms with Crippen LogP contribution in [0.3, 0.4) is 0 Å². The fraction of sp³-hybridized carbons (Fsp3) is 0.750. The van der Waals surface area contributed by atoms with Crippen LogP contribution in [0.25, 0.3) is 0 Å². The van der Waals surface area contributed by atoms with E-state index in [-0.39, 0.29) is 11.1 Å². The van der Waals surface area contributed by atoms with Crippen molar-refractivity contribution >= 4 is 5.82 Å². The van der Waals surface area contributed by atoms with Crippen molar-refractivity contribution in [3.8, 4) is 0 Å². The van der Waals surface area contributed by atoms with E-state index in [1.807, 2.05) is 20.8 Å². The molecule has 1 saturated heterocycles. The number of anilines is 1. The molecular weight excluding hydrogens is 264 g/mol. The van der Waals surface area contributed by atoms with Crippen molar-refractivity contribution in [2.75, 3.05) is 25.0 Å². The van der Waals surface area contributed by atoms with Crippen molar-refractivity contribution < 1.29 is 0 Å². The summed E-state index contributed by atoms with van der Waals surface area (Å²) in [5.74, 6) is 0.455. The summed E-state index contributed by atoms with van der Waals surface area (Å²) in [6.07, 6.45) is 7.35. The number of nitrogens with zero attached hydrogens (tertiary/aromatic N) is 3. The maximum Gasteiger partial charge on any atom is 0.293 e. The summed E-state index contributed by atoms with van der Waals surface area (Å²) in [5.41, 5.74) is -0.273. The van der Waals surface area contributed by atoms with Gasteiger partial charge in [-0.15, -0.1) is 0 Å². The molecule has 5 heteroatoms. The van der Waals surface area contributed by atoms with Crippen molar-refractivity contribution in [3.63, 3.8) is 0 Å². The lowest BCUT2D eigenvalue weighted by Crippen LogP contribution is -2.42. The number of hydrogen-bond donors (Lipinski definition) is 1. The molecule has 1 aromatic rings. The number of nitrogens with one attached hydrogen (secondary N) is 1. The number of likely N-dealkylation sites (tertiary alicyclic amines) is 1. The third kappa shape index (κ3) is 4.06. The second kappa shape index (κ2) is 6.60. The molecule has 0 radical (unpaired) electrons. The van der Waals surface area contributed by atoms with Crippen molar-refractivity contribution in [3.05, 3.63) is 22.7 Å². The molecule has 0 spiro atoms. The van der Waals surface area contributed by atoms with Crippen LogP contribution < -0.4 is 10.9 Å². The molecule has 1 fully saturated rings. The first-order valence-electron chi connectivity index (χ1n) is 7.95. The third-order valence-electron chi connectivity index (χ3n) is 4.14. The number of rotatable bonds is 4. The molecule has 5 nitrogen and oxygen atoms in total. The van der Waals surface area contributed by atoms with Gasteiger partial charge >= 0.3 is 0 Å². The highest BCUT2D eigenvalue weighted by Crippen LogP contribution is 2.13. The molecule has 1 atom stereocenters. The summed E-state index contributed by atoms with van der Waals surface area (Å²) in [6, 6.07) is 0.426. The summed E-state index contributed by atoms with van der Waals surface area (Å²) < 4.78 is 1.73. The van der Waals surface area contributed by atoms with Gasteiger partial charge in [0.2, 0.25) is 0 Å². The standard InChI is InChI=1S/C16H28N4O/c1-13(19-9-6-5-7-10-19)12-18-14-15(21)20(11-8-17-14)16(2,3)4/h8,11,13H,5-7,9-10,12H2,1-4H3,(H,17,18). The fourth-order valence-corrected chi connectivity index (χ4v) is 2.79. The van der Waals surface area contributed by atoms with Crippen molar-refractivity contribution in [2.45, 2.75) is 58.5 Å². The van der Waals surface area contributed by atoms with Gasteiger partial charge in [-0.1, -0.05) is 6.42 Å². The average Bonchev–Trinajstić information content (AvgIpc) is 2.45. The molecule has 0 aromatic carbocycles. The van der Waals surface area contributed by atoms with E-state index in [0.717, 1.165) is 19.6 Å². The van der Waals surface area contributed by atoms with Gasteiger partial charge in [0.15, 0.2) is 5.82 Å². The lowest BCUT2D eigenvalue weighted by atomic mass is 10.1. The fourth-order valence-electron chi connectivity index (χ4n) is 2.79. The van der Waals surface area contributed by atoms with Crippen LogP contribution >= 0.6 is 0 Å². The molecule has 1 aromatic heterocycles. The number of hydrogen-bond acceptors (Lipinski definition) is 4. The lowest BCUT2D eigenvalue weighted by molar-refractivity contribution is 0.180. The van der Waals surface area contributed by atoms with E-state index in [4.69, 9.17) is 0 Å². The molecule has 118 valence electrons.